The molecule has 0 spiro atoms. The van der Waals surface area contributed by atoms with Gasteiger partial charge < -0.3 is 153 Å². The van der Waals surface area contributed by atoms with Crippen LogP contribution in [-0.4, -0.2) is 334 Å². The second-order valence-electron chi connectivity index (χ2n) is 27.2. The molecule has 4 aliphatic rings. The largest absolute Gasteiger partial charge is 0.480 e. The lowest BCUT2D eigenvalue weighted by molar-refractivity contribution is -0.365. The second kappa shape index (κ2) is 48.3. The summed E-state index contributed by atoms with van der Waals surface area (Å²) in [6.45, 7) is 5.26. The third kappa shape index (κ3) is 30.3. The minimum absolute atomic E-state index is 0.0382. The van der Waals surface area contributed by atoms with Crippen molar-refractivity contribution < 1.29 is 151 Å². The molecule has 0 aromatic heterocycles. The van der Waals surface area contributed by atoms with Gasteiger partial charge >= 0.3 is 11.9 Å². The van der Waals surface area contributed by atoms with E-state index in [0.717, 1.165) is 27.7 Å². The first-order valence-corrected chi connectivity index (χ1v) is 36.6. The second-order valence-corrected chi connectivity index (χ2v) is 27.2. The molecule has 3 unspecified atom stereocenters. The molecule has 0 aromatic rings. The number of rotatable bonds is 47. The van der Waals surface area contributed by atoms with Crippen LogP contribution in [0.5, 0.6) is 0 Å². The first-order valence-electron chi connectivity index (χ1n) is 36.6. The number of amides is 10. The number of carboxylic acid groups (broad SMARTS) is 2. The summed E-state index contributed by atoms with van der Waals surface area (Å²) in [7, 11) is 0. The number of carbonyl (C=O) groups is 12. The fraction of sp³-hybridized carbons (Fsp3) is 0.818. The fourth-order valence-corrected chi connectivity index (χ4v) is 12.5. The van der Waals surface area contributed by atoms with E-state index in [1.807, 2.05) is 0 Å². The van der Waals surface area contributed by atoms with E-state index in [2.05, 4.69) is 63.2 Å². The zero-order valence-corrected chi connectivity index (χ0v) is 63.1. The molecule has 632 valence electrons. The third-order valence-corrected chi connectivity index (χ3v) is 18.3. The fourth-order valence-electron chi connectivity index (χ4n) is 12.5. The van der Waals surface area contributed by atoms with Gasteiger partial charge in [-0.3, -0.25) is 47.9 Å². The highest BCUT2D eigenvalue weighted by atomic mass is 16.8. The maximum absolute atomic E-state index is 14.2. The number of carboxylic acids is 2. The number of nitrogens with zero attached hydrogens (tertiary/aromatic N) is 3. The summed E-state index contributed by atoms with van der Waals surface area (Å²) in [5, 5.41) is 137. The molecule has 26 atom stereocenters. The van der Waals surface area contributed by atoms with Crippen molar-refractivity contribution in [3.63, 3.8) is 0 Å². The summed E-state index contributed by atoms with van der Waals surface area (Å²) in [5.41, 5.74) is 13.9. The first-order chi connectivity index (χ1) is 52.6. The van der Waals surface area contributed by atoms with Gasteiger partial charge in [0.15, 0.2) is 25.2 Å². The zero-order valence-electron chi connectivity index (χ0n) is 63.1. The first kappa shape index (κ1) is 95.6. The van der Waals surface area contributed by atoms with Gasteiger partial charge in [0.25, 0.3) is 0 Å². The number of unbranched alkanes of at least 4 members (excludes halogenated alkanes) is 4. The van der Waals surface area contributed by atoms with Gasteiger partial charge in [0.05, 0.1) is 26.4 Å². The van der Waals surface area contributed by atoms with E-state index in [4.69, 9.17) is 53.9 Å². The van der Waals surface area contributed by atoms with Gasteiger partial charge in [-0.15, -0.1) is 0 Å². The predicted octanol–water partition coefficient (Wildman–Crippen LogP) is -8.02. The van der Waals surface area contributed by atoms with E-state index in [0.29, 0.717) is 51.6 Å². The summed E-state index contributed by atoms with van der Waals surface area (Å²) in [6, 6.07) is -12.1. The van der Waals surface area contributed by atoms with Crippen LogP contribution in [0.2, 0.25) is 0 Å². The van der Waals surface area contributed by atoms with Crippen molar-refractivity contribution in [2.75, 3.05) is 52.6 Å². The summed E-state index contributed by atoms with van der Waals surface area (Å²) >= 11 is 0. The maximum atomic E-state index is 14.2. The molecule has 22 N–H and O–H groups in total. The predicted molar refractivity (Wildman–Crippen MR) is 376 cm³/mol. The van der Waals surface area contributed by atoms with Crippen molar-refractivity contribution >= 4 is 71.0 Å². The van der Waals surface area contributed by atoms with Crippen LogP contribution in [0, 0.1) is 0 Å². The Bertz CT molecular complexity index is 3090. The van der Waals surface area contributed by atoms with Gasteiger partial charge in [-0.1, -0.05) is 24.4 Å². The number of ether oxygens (including phenoxy) is 9. The number of nitrogens with two attached hydrogens (primary N) is 1. The third-order valence-electron chi connectivity index (χ3n) is 18.3. The topological polar surface area (TPSA) is 685 Å². The normalized spacial score (nSPS) is 29.5. The number of aliphatic hydroxyl groups is 8. The SMILES string of the molecule is CC(=O)N[C@H]1[C@H](OC2[C@@H](CO)OC(O)[C@H](NC(C)=O)[C@H]2O[C@H](C)C(=O)N[C@@H](C)C(=O)NCCCC(=O)N[C@@H](CCCCCCN=[N+]=[N-])C(=O)O)O[C@H](CO)[C@@H](O[C@@H]2O[C@H](CO)C(O[C@@H]3O[C@H](CO)[C@@H](O)[C@H](O)[C@H]3NC(C)=O)[C@H](O[C@H](C)C(=O)N[C@@H](C)C(=O)NCCCC(=O)N[C@@H](CCCCN)C(=O)O)[C@H]2NC(C)=O)[C@@H]1O. The molecular weight excluding hydrogens is 1480 g/mol. The number of hydrogen-bond donors (Lipinski definition) is 21. The Morgan fingerprint density at radius 3 is 1.26 bits per heavy atom. The highest BCUT2D eigenvalue weighted by Crippen LogP contribution is 2.37. The molecule has 4 rings (SSSR count). The minimum atomic E-state index is -2.17. The molecule has 0 aromatic carbocycles. The number of hydrogen-bond acceptors (Lipinski definition) is 31. The Kier molecular flexibility index (Phi) is 41.6. The van der Waals surface area contributed by atoms with Crippen LogP contribution < -0.4 is 58.9 Å². The minimum Gasteiger partial charge on any atom is -0.480 e. The molecule has 4 saturated heterocycles. The van der Waals surface area contributed by atoms with Gasteiger partial charge in [-0.25, -0.2) is 9.59 Å². The molecule has 111 heavy (non-hydrogen) atoms. The molecule has 0 radical (unpaired) electrons. The van der Waals surface area contributed by atoms with Crippen LogP contribution in [0.15, 0.2) is 5.11 Å². The van der Waals surface area contributed by atoms with Crippen molar-refractivity contribution in [1.29, 1.82) is 0 Å². The maximum Gasteiger partial charge on any atom is 0.326 e. The van der Waals surface area contributed by atoms with Crippen LogP contribution in [-0.2, 0) is 100 Å². The Labute approximate surface area is 638 Å². The average Bonchev–Trinajstić information content (AvgIpc) is 0.764. The Balaban J connectivity index is 1.63. The monoisotopic (exact) mass is 1600 g/mol. The lowest BCUT2D eigenvalue weighted by Crippen LogP contribution is -2.72. The van der Waals surface area contributed by atoms with Gasteiger partial charge in [0, 0.05) is 65.1 Å². The van der Waals surface area contributed by atoms with E-state index in [-0.39, 0.29) is 51.6 Å². The molecule has 10 amide bonds. The van der Waals surface area contributed by atoms with Crippen molar-refractivity contribution in [2.24, 2.45) is 10.8 Å². The van der Waals surface area contributed by atoms with E-state index in [1.165, 1.54) is 27.7 Å². The Morgan fingerprint density at radius 2 is 0.829 bits per heavy atom. The number of aliphatic hydroxyl groups excluding tert-OH is 8. The zero-order chi connectivity index (χ0) is 82.9. The summed E-state index contributed by atoms with van der Waals surface area (Å²) < 4.78 is 55.8. The number of aliphatic carboxylic acids is 2. The van der Waals surface area contributed by atoms with Crippen LogP contribution in [0.4, 0.5) is 0 Å². The summed E-state index contributed by atoms with van der Waals surface area (Å²) in [4.78, 5) is 158. The van der Waals surface area contributed by atoms with Gasteiger partial charge in [0.2, 0.25) is 59.1 Å². The molecule has 4 fully saturated rings. The van der Waals surface area contributed by atoms with Crippen LogP contribution in [0.25, 0.3) is 10.4 Å². The quantitative estimate of drug-likeness (QED) is 0.0116. The average molecular weight is 1600 g/mol. The molecule has 45 nitrogen and oxygen atoms in total. The standard InChI is InChI=1S/C66H112N14O31/c1-29(57(94)69-22-15-19-43(89)78-37(61(98)99)17-11-9-10-14-24-71-80-68)72-59(96)31(3)103-55-47(76-35(7)87)63(102)105-41(27-83)53(55)110-65-46(75-34(6)86)51(93)52(40(26-82)107-65)109-66-48(77-36(8)88)56(54(42(28-84)108-66)111-64-45(74-33(5)85)50(92)49(91)39(25-81)106-64)104-32(4)60(97)73-30(2)58(95)70-23-16-20-44(90)79-38(62(100)101)18-12-13-21-67/h29-32,37-42,45-56,63-66,81-84,91-93,102H,9-28,67H2,1-8H3,(H,69,94)(H,70,95)(H,72,96)(H,73,97)(H,74,85)(H,75,86)(H,76,87)(H,77,88)(H,78,89)(H,79,90)(H,98,99)(H,100,101)/t29-,30-,31+,32+,37-,38-,39+,40+,41+,42+,45+,46+,47+,48+,49+,50+,51+,52+,53?,54?,55+,56+,63?,64-,65-,66-/m0/s1. The number of carbonyl (C=O) groups excluding carboxylic acids is 10. The van der Waals surface area contributed by atoms with Crippen molar-refractivity contribution in [3.05, 3.63) is 10.4 Å². The Hall–Kier alpha value is -7.77. The van der Waals surface area contributed by atoms with Gasteiger partial charge in [-0.2, -0.15) is 0 Å². The number of nitrogens with one attached hydrogen (secondary N) is 10. The number of azide groups is 1. The van der Waals surface area contributed by atoms with Crippen LogP contribution in [0.3, 0.4) is 0 Å². The molecule has 0 saturated carbocycles. The lowest BCUT2D eigenvalue weighted by Gasteiger charge is -2.52. The van der Waals surface area contributed by atoms with Gasteiger partial charge in [0.1, 0.15) is 134 Å². The molecular formula is C66H112N14O31. The highest BCUT2D eigenvalue weighted by Gasteiger charge is 2.58. The van der Waals surface area contributed by atoms with Crippen LogP contribution in [0.1, 0.15) is 132 Å². The highest BCUT2D eigenvalue weighted by molar-refractivity contribution is 5.90. The van der Waals surface area contributed by atoms with Crippen molar-refractivity contribution in [2.45, 2.75) is 291 Å². The molecule has 0 aliphatic carbocycles. The molecule has 4 heterocycles. The Morgan fingerprint density at radius 1 is 0.450 bits per heavy atom. The lowest BCUT2D eigenvalue weighted by atomic mass is 9.92. The van der Waals surface area contributed by atoms with E-state index >= 15 is 0 Å². The summed E-state index contributed by atoms with van der Waals surface area (Å²) in [5.74, 6) is -10.6. The molecule has 45 heteroatoms. The van der Waals surface area contributed by atoms with Gasteiger partial charge in [-0.05, 0) is 84.7 Å². The van der Waals surface area contributed by atoms with Crippen LogP contribution >= 0.6 is 0 Å². The van der Waals surface area contributed by atoms with E-state index < -0.39 is 256 Å². The van der Waals surface area contributed by atoms with E-state index in [1.54, 1.807) is 0 Å². The molecule has 4 aliphatic heterocycles. The van der Waals surface area contributed by atoms with Crippen molar-refractivity contribution in [1.82, 2.24) is 53.2 Å². The smallest absolute Gasteiger partial charge is 0.326 e. The molecule has 0 bridgehead atoms. The summed E-state index contributed by atoms with van der Waals surface area (Å²) in [6.07, 6.45) is -30.2. The van der Waals surface area contributed by atoms with E-state index in [9.17, 15) is 109 Å². The van der Waals surface area contributed by atoms with Crippen molar-refractivity contribution in [3.8, 4) is 0 Å².